The summed E-state index contributed by atoms with van der Waals surface area (Å²) >= 11 is 0. The van der Waals surface area contributed by atoms with Crippen molar-refractivity contribution in [1.82, 2.24) is 13.7 Å². The van der Waals surface area contributed by atoms with Crippen LogP contribution in [0.4, 0.5) is 0 Å². The Morgan fingerprint density at radius 3 is 1.27 bits per heavy atom. The Hall–Kier alpha value is -6.58. The van der Waals surface area contributed by atoms with Crippen molar-refractivity contribution in [2.75, 3.05) is 0 Å². The van der Waals surface area contributed by atoms with E-state index in [1.54, 1.807) is 0 Å². The van der Waals surface area contributed by atoms with Crippen molar-refractivity contribution in [2.45, 2.75) is 0 Å². The number of hydrogen-bond acceptors (Lipinski definition) is 0. The first-order valence-electron chi connectivity index (χ1n) is 16.9. The van der Waals surface area contributed by atoms with E-state index in [-0.39, 0.29) is 0 Å². The van der Waals surface area contributed by atoms with Crippen molar-refractivity contribution in [3.8, 4) is 17.1 Å². The van der Waals surface area contributed by atoms with Crippen molar-refractivity contribution in [3.05, 3.63) is 176 Å². The van der Waals surface area contributed by atoms with Gasteiger partial charge in [0.2, 0.25) is 0 Å². The molecule has 0 fully saturated rings. The highest BCUT2D eigenvalue weighted by molar-refractivity contribution is 6.34. The molecular weight excluding hydrogens is 595 g/mol. The second kappa shape index (κ2) is 9.96. The van der Waals surface area contributed by atoms with Crippen LogP contribution in [0.15, 0.2) is 176 Å². The molecule has 3 heterocycles. The smallest absolute Gasteiger partial charge is 0.0562 e. The summed E-state index contributed by atoms with van der Waals surface area (Å²) in [6, 6.07) is 64.1. The molecule has 3 heteroatoms. The van der Waals surface area contributed by atoms with Crippen LogP contribution in [0.3, 0.4) is 0 Å². The molecule has 3 nitrogen and oxygen atoms in total. The third-order valence-electron chi connectivity index (χ3n) is 10.4. The Bertz CT molecular complexity index is 3070. The molecular formula is C46H29N3. The zero-order valence-corrected chi connectivity index (χ0v) is 26.6. The summed E-state index contributed by atoms with van der Waals surface area (Å²) in [6.45, 7) is 0. The Morgan fingerprint density at radius 2 is 0.673 bits per heavy atom. The first-order valence-corrected chi connectivity index (χ1v) is 16.9. The lowest BCUT2D eigenvalue weighted by molar-refractivity contribution is 1.16. The average Bonchev–Trinajstić information content (AvgIpc) is 3.80. The van der Waals surface area contributed by atoms with E-state index in [0.717, 1.165) is 11.4 Å². The zero-order valence-electron chi connectivity index (χ0n) is 26.6. The van der Waals surface area contributed by atoms with E-state index < -0.39 is 0 Å². The summed E-state index contributed by atoms with van der Waals surface area (Å²) in [6.07, 6.45) is 0. The van der Waals surface area contributed by atoms with Crippen LogP contribution < -0.4 is 0 Å². The van der Waals surface area contributed by atoms with Gasteiger partial charge in [0.25, 0.3) is 0 Å². The van der Waals surface area contributed by atoms with Gasteiger partial charge in [-0.05, 0) is 78.2 Å². The molecule has 11 aromatic rings. The molecule has 11 rings (SSSR count). The molecule has 0 radical (unpaired) electrons. The van der Waals surface area contributed by atoms with Crippen LogP contribution in [-0.2, 0) is 0 Å². The van der Waals surface area contributed by atoms with Crippen LogP contribution in [0.1, 0.15) is 0 Å². The van der Waals surface area contributed by atoms with Crippen LogP contribution in [0.2, 0.25) is 0 Å². The first-order chi connectivity index (χ1) is 24.3. The number of rotatable bonds is 3. The summed E-state index contributed by atoms with van der Waals surface area (Å²) < 4.78 is 7.30. The van der Waals surface area contributed by atoms with Gasteiger partial charge in [0.1, 0.15) is 0 Å². The predicted molar refractivity (Wildman–Crippen MR) is 207 cm³/mol. The number of para-hydroxylation sites is 5. The summed E-state index contributed by atoms with van der Waals surface area (Å²) in [4.78, 5) is 0. The average molecular weight is 624 g/mol. The molecule has 0 saturated heterocycles. The Morgan fingerprint density at radius 1 is 0.245 bits per heavy atom. The largest absolute Gasteiger partial charge is 0.309 e. The van der Waals surface area contributed by atoms with E-state index in [9.17, 15) is 0 Å². The van der Waals surface area contributed by atoms with Gasteiger partial charge in [-0.2, -0.15) is 0 Å². The van der Waals surface area contributed by atoms with Crippen LogP contribution >= 0.6 is 0 Å². The highest BCUT2D eigenvalue weighted by Crippen LogP contribution is 2.45. The van der Waals surface area contributed by atoms with Gasteiger partial charge in [-0.25, -0.2) is 0 Å². The van der Waals surface area contributed by atoms with Crippen LogP contribution in [0, 0.1) is 0 Å². The molecule has 228 valence electrons. The lowest BCUT2D eigenvalue weighted by atomic mass is 9.98. The molecule has 0 saturated carbocycles. The third-order valence-corrected chi connectivity index (χ3v) is 10.4. The van der Waals surface area contributed by atoms with Crippen molar-refractivity contribution < 1.29 is 0 Å². The monoisotopic (exact) mass is 623 g/mol. The molecule has 0 atom stereocenters. The highest BCUT2D eigenvalue weighted by atomic mass is 15.0. The topological polar surface area (TPSA) is 14.8 Å². The SMILES string of the molecule is c1ccc(-n2c3ccccc3c3cc4c5c6c(ccc7c6c6ccccc6n7-c6ccccc6)ccc5n(-c5ccccc5)c4cc32)cc1. The van der Waals surface area contributed by atoms with Gasteiger partial charge in [-0.3, -0.25) is 0 Å². The highest BCUT2D eigenvalue weighted by Gasteiger charge is 2.22. The standard InChI is InChI=1S/C46H29N3/c1-4-14-31(15-5-1)47-39-23-13-11-21-35(39)45-40(47)26-24-30-25-27-41-46(44(30)45)37-28-36-34-20-10-12-22-38(34)48(32-16-6-2-7-17-32)42(36)29-43(37)49(41)33-18-8-3-9-19-33/h1-29H. The van der Waals surface area contributed by atoms with Crippen molar-refractivity contribution in [2.24, 2.45) is 0 Å². The molecule has 0 N–H and O–H groups in total. The lowest BCUT2D eigenvalue weighted by Gasteiger charge is -2.10. The maximum absolute atomic E-state index is 2.46. The molecule has 0 aliphatic heterocycles. The molecule has 3 aromatic heterocycles. The maximum Gasteiger partial charge on any atom is 0.0562 e. The number of hydrogen-bond donors (Lipinski definition) is 0. The molecule has 0 unspecified atom stereocenters. The van der Waals surface area contributed by atoms with Gasteiger partial charge in [-0.1, -0.05) is 103 Å². The second-order valence-electron chi connectivity index (χ2n) is 13.0. The van der Waals surface area contributed by atoms with Crippen LogP contribution in [0.25, 0.3) is 93.3 Å². The van der Waals surface area contributed by atoms with Crippen molar-refractivity contribution in [1.29, 1.82) is 0 Å². The Kier molecular flexibility index (Phi) is 5.38. The number of fused-ring (bicyclic) bond motifs is 12. The summed E-state index contributed by atoms with van der Waals surface area (Å²) in [5, 5.41) is 10.2. The Labute approximate surface area is 282 Å². The number of nitrogens with zero attached hydrogens (tertiary/aromatic N) is 3. The van der Waals surface area contributed by atoms with Gasteiger partial charge in [-0.15, -0.1) is 0 Å². The van der Waals surface area contributed by atoms with Gasteiger partial charge >= 0.3 is 0 Å². The van der Waals surface area contributed by atoms with Gasteiger partial charge in [0.05, 0.1) is 33.1 Å². The number of aromatic nitrogens is 3. The maximum atomic E-state index is 2.46. The second-order valence-corrected chi connectivity index (χ2v) is 13.0. The van der Waals surface area contributed by atoms with E-state index >= 15 is 0 Å². The summed E-state index contributed by atoms with van der Waals surface area (Å²) in [5.74, 6) is 0. The van der Waals surface area contributed by atoms with E-state index in [2.05, 4.69) is 190 Å². The normalized spacial score (nSPS) is 12.1. The predicted octanol–water partition coefficient (Wildman–Crippen LogP) is 12.1. The minimum Gasteiger partial charge on any atom is -0.309 e. The van der Waals surface area contributed by atoms with E-state index in [1.807, 2.05) is 0 Å². The zero-order chi connectivity index (χ0) is 32.1. The van der Waals surface area contributed by atoms with Gasteiger partial charge in [0, 0.05) is 54.8 Å². The first kappa shape index (κ1) is 26.5. The van der Waals surface area contributed by atoms with Crippen LogP contribution in [-0.4, -0.2) is 13.7 Å². The fraction of sp³-hybridized carbons (Fsp3) is 0. The summed E-state index contributed by atoms with van der Waals surface area (Å²) in [5.41, 5.74) is 10.7. The fourth-order valence-electron chi connectivity index (χ4n) is 8.41. The fourth-order valence-corrected chi connectivity index (χ4v) is 8.41. The molecule has 0 aliphatic carbocycles. The van der Waals surface area contributed by atoms with Crippen molar-refractivity contribution in [3.63, 3.8) is 0 Å². The van der Waals surface area contributed by atoms with Gasteiger partial charge in [0.15, 0.2) is 0 Å². The Balaban J connectivity index is 1.39. The quantitative estimate of drug-likeness (QED) is 0.186. The van der Waals surface area contributed by atoms with E-state index in [0.29, 0.717) is 0 Å². The number of benzene rings is 8. The van der Waals surface area contributed by atoms with E-state index in [4.69, 9.17) is 0 Å². The van der Waals surface area contributed by atoms with E-state index in [1.165, 1.54) is 81.9 Å². The molecule has 0 spiro atoms. The molecule has 0 bridgehead atoms. The third kappa shape index (κ3) is 3.62. The summed E-state index contributed by atoms with van der Waals surface area (Å²) in [7, 11) is 0. The van der Waals surface area contributed by atoms with Gasteiger partial charge < -0.3 is 13.7 Å². The molecule has 49 heavy (non-hydrogen) atoms. The minimum atomic E-state index is 1.16. The molecule has 0 aliphatic rings. The minimum absolute atomic E-state index is 1.16. The van der Waals surface area contributed by atoms with Crippen molar-refractivity contribution >= 4 is 76.2 Å². The van der Waals surface area contributed by atoms with Crippen LogP contribution in [0.5, 0.6) is 0 Å². The molecule has 8 aromatic carbocycles. The molecule has 0 amide bonds. The lowest BCUT2D eigenvalue weighted by Crippen LogP contribution is -1.95.